The summed E-state index contributed by atoms with van der Waals surface area (Å²) in [6, 6.07) is 4.40. The number of hydrogen-bond donors (Lipinski definition) is 1. The lowest BCUT2D eigenvalue weighted by atomic mass is 9.60. The van der Waals surface area contributed by atoms with Crippen molar-refractivity contribution in [2.45, 2.75) is 19.4 Å². The summed E-state index contributed by atoms with van der Waals surface area (Å²) < 4.78 is 11.3. The first-order valence-corrected chi connectivity index (χ1v) is 5.68. The lowest BCUT2D eigenvalue weighted by molar-refractivity contribution is -0.384. The van der Waals surface area contributed by atoms with E-state index in [1.807, 2.05) is 13.8 Å². The number of non-ortho nitro benzene ring substituents is 1. The number of nitro benzene ring substituents is 1. The molecule has 0 aliphatic carbocycles. The molecule has 0 saturated carbocycles. The Morgan fingerprint density at radius 2 is 2.22 bits per heavy atom. The molecule has 1 aromatic carbocycles. The van der Waals surface area contributed by atoms with Gasteiger partial charge in [-0.2, -0.15) is 0 Å². The van der Waals surface area contributed by atoms with Gasteiger partial charge >= 0.3 is 6.92 Å². The Hall–Kier alpha value is -1.60. The molecular weight excluding hydrogens is 235 g/mol. The van der Waals surface area contributed by atoms with Gasteiger partial charge in [-0.3, -0.25) is 10.1 Å². The normalized spacial score (nSPS) is 18.7. The van der Waals surface area contributed by atoms with Crippen molar-refractivity contribution < 1.29 is 14.3 Å². The molecule has 7 heteroatoms. The van der Waals surface area contributed by atoms with E-state index in [9.17, 15) is 10.1 Å². The van der Waals surface area contributed by atoms with Gasteiger partial charge in [-0.1, -0.05) is 6.07 Å². The van der Waals surface area contributed by atoms with Gasteiger partial charge in [0.2, 0.25) is 0 Å². The second-order valence-electron chi connectivity index (χ2n) is 4.94. The molecule has 0 bridgehead atoms. The second-order valence-corrected chi connectivity index (χ2v) is 4.94. The minimum Gasteiger partial charge on any atom is -0.426 e. The van der Waals surface area contributed by atoms with Crippen molar-refractivity contribution in [1.29, 1.82) is 0 Å². The molecule has 2 N–H and O–H groups in total. The van der Waals surface area contributed by atoms with E-state index in [2.05, 4.69) is 0 Å². The quantitative estimate of drug-likeness (QED) is 0.362. The van der Waals surface area contributed by atoms with Crippen molar-refractivity contribution in [3.8, 4) is 0 Å². The van der Waals surface area contributed by atoms with E-state index in [-0.39, 0.29) is 18.2 Å². The number of benzene rings is 1. The van der Waals surface area contributed by atoms with E-state index in [1.165, 1.54) is 12.1 Å². The van der Waals surface area contributed by atoms with E-state index in [0.29, 0.717) is 18.8 Å². The zero-order chi connectivity index (χ0) is 13.3. The van der Waals surface area contributed by atoms with Crippen LogP contribution in [-0.4, -0.2) is 30.6 Å². The highest BCUT2D eigenvalue weighted by Crippen LogP contribution is 2.19. The van der Waals surface area contributed by atoms with Crippen molar-refractivity contribution in [1.82, 2.24) is 0 Å². The van der Waals surface area contributed by atoms with Crippen LogP contribution in [0.15, 0.2) is 18.2 Å². The van der Waals surface area contributed by atoms with Gasteiger partial charge in [0.15, 0.2) is 0 Å². The molecule has 0 unspecified atom stereocenters. The third-order valence-electron chi connectivity index (χ3n) is 2.89. The molecule has 0 amide bonds. The number of nitrogens with zero attached hydrogens (tertiary/aromatic N) is 1. The Kier molecular flexibility index (Phi) is 3.27. The summed E-state index contributed by atoms with van der Waals surface area (Å²) in [7, 11) is 0. The van der Waals surface area contributed by atoms with Gasteiger partial charge in [0.1, 0.15) is 0 Å². The van der Waals surface area contributed by atoms with Crippen LogP contribution in [0.25, 0.3) is 0 Å². The molecule has 0 radical (unpaired) electrons. The summed E-state index contributed by atoms with van der Waals surface area (Å²) in [4.78, 5) is 10.1. The Labute approximate surface area is 105 Å². The van der Waals surface area contributed by atoms with E-state index in [0.717, 1.165) is 5.46 Å². The molecular formula is C11H15BN2O4. The predicted molar refractivity (Wildman–Crippen MR) is 68.9 cm³/mol. The summed E-state index contributed by atoms with van der Waals surface area (Å²) in [5.74, 6) is 0. The monoisotopic (exact) mass is 250 g/mol. The maximum absolute atomic E-state index is 10.6. The summed E-state index contributed by atoms with van der Waals surface area (Å²) >= 11 is 0. The Balaban J connectivity index is 2.17. The first-order chi connectivity index (χ1) is 8.39. The van der Waals surface area contributed by atoms with Crippen LogP contribution in [0, 0.1) is 10.1 Å². The molecule has 6 nitrogen and oxygen atoms in total. The van der Waals surface area contributed by atoms with E-state index < -0.39 is 4.92 Å². The van der Waals surface area contributed by atoms with E-state index in [4.69, 9.17) is 15.1 Å². The smallest absolute Gasteiger partial charge is 0.355 e. The van der Waals surface area contributed by atoms with Crippen molar-refractivity contribution in [2.24, 2.45) is 0 Å². The van der Waals surface area contributed by atoms with Crippen LogP contribution < -0.4 is 11.2 Å². The van der Waals surface area contributed by atoms with Crippen LogP contribution in [0.1, 0.15) is 13.8 Å². The summed E-state index contributed by atoms with van der Waals surface area (Å²) in [6.07, 6.45) is 0. The van der Waals surface area contributed by atoms with Crippen molar-refractivity contribution in [3.63, 3.8) is 0 Å². The SMILES string of the molecule is CC1(C)COB(c2ccc([N+](=O)[O-])cc2N)CO1. The largest absolute Gasteiger partial charge is 0.426 e. The summed E-state index contributed by atoms with van der Waals surface area (Å²) in [5, 5.41) is 10.6. The van der Waals surface area contributed by atoms with Crippen molar-refractivity contribution in [2.75, 3.05) is 18.8 Å². The average molecular weight is 250 g/mol. The zero-order valence-corrected chi connectivity index (χ0v) is 10.4. The average Bonchev–Trinajstić information content (AvgIpc) is 2.29. The fraction of sp³-hybridized carbons (Fsp3) is 0.455. The van der Waals surface area contributed by atoms with Crippen LogP contribution in [0.3, 0.4) is 0 Å². The van der Waals surface area contributed by atoms with Gasteiger partial charge in [0.05, 0.1) is 23.6 Å². The molecule has 2 rings (SSSR count). The van der Waals surface area contributed by atoms with Crippen molar-refractivity contribution >= 4 is 23.8 Å². The minimum atomic E-state index is -0.471. The fourth-order valence-electron chi connectivity index (χ4n) is 1.84. The molecule has 1 fully saturated rings. The predicted octanol–water partition coefficient (Wildman–Crippen LogP) is 0.740. The van der Waals surface area contributed by atoms with Gasteiger partial charge in [-0.15, -0.1) is 0 Å². The second kappa shape index (κ2) is 4.58. The molecule has 1 aliphatic rings. The summed E-state index contributed by atoms with van der Waals surface area (Å²) in [5.41, 5.74) is 6.59. The van der Waals surface area contributed by atoms with Crippen LogP contribution in [0.2, 0.25) is 0 Å². The molecule has 96 valence electrons. The molecule has 1 heterocycles. The topological polar surface area (TPSA) is 87.6 Å². The number of hydrogen-bond acceptors (Lipinski definition) is 5. The number of ether oxygens (including phenoxy) is 1. The molecule has 18 heavy (non-hydrogen) atoms. The zero-order valence-electron chi connectivity index (χ0n) is 10.4. The minimum absolute atomic E-state index is 0.0201. The number of rotatable bonds is 2. The highest BCUT2D eigenvalue weighted by Gasteiger charge is 2.33. The van der Waals surface area contributed by atoms with Gasteiger partial charge in [-0.05, 0) is 19.3 Å². The van der Waals surface area contributed by atoms with Crippen LogP contribution in [0.5, 0.6) is 0 Å². The van der Waals surface area contributed by atoms with Crippen LogP contribution >= 0.6 is 0 Å². The Bertz CT molecular complexity index is 468. The van der Waals surface area contributed by atoms with Gasteiger partial charge < -0.3 is 15.1 Å². The third kappa shape index (κ3) is 2.62. The molecule has 1 aromatic rings. The highest BCUT2D eigenvalue weighted by atomic mass is 16.6. The molecule has 1 saturated heterocycles. The maximum Gasteiger partial charge on any atom is 0.355 e. The fourth-order valence-corrected chi connectivity index (χ4v) is 1.84. The number of anilines is 1. The molecule has 0 atom stereocenters. The third-order valence-corrected chi connectivity index (χ3v) is 2.89. The lowest BCUT2D eigenvalue weighted by Crippen LogP contribution is -2.51. The van der Waals surface area contributed by atoms with Gasteiger partial charge in [0.25, 0.3) is 5.69 Å². The lowest BCUT2D eigenvalue weighted by Gasteiger charge is -2.33. The summed E-state index contributed by atoms with van der Waals surface area (Å²) in [6.45, 7) is 4.49. The molecule has 0 spiro atoms. The van der Waals surface area contributed by atoms with Gasteiger partial charge in [-0.25, -0.2) is 0 Å². The Morgan fingerprint density at radius 3 is 2.72 bits per heavy atom. The van der Waals surface area contributed by atoms with Crippen LogP contribution in [0.4, 0.5) is 11.4 Å². The standard InChI is InChI=1S/C11H15BN2O4/c1-11(2)6-18-12(7-17-11)9-4-3-8(14(15)16)5-10(9)13/h3-5H,6-7,13H2,1-2H3. The number of nitro groups is 1. The Morgan fingerprint density at radius 1 is 1.50 bits per heavy atom. The van der Waals surface area contributed by atoms with Crippen molar-refractivity contribution in [3.05, 3.63) is 28.3 Å². The van der Waals surface area contributed by atoms with E-state index in [1.54, 1.807) is 6.07 Å². The molecule has 1 aliphatic heterocycles. The number of nitrogen functional groups attached to an aromatic ring is 1. The van der Waals surface area contributed by atoms with Gasteiger partial charge in [0, 0.05) is 17.8 Å². The number of nitrogens with two attached hydrogens (primary N) is 1. The molecule has 0 aromatic heterocycles. The maximum atomic E-state index is 10.6. The first kappa shape index (κ1) is 12.9. The van der Waals surface area contributed by atoms with Crippen LogP contribution in [-0.2, 0) is 9.39 Å². The van der Waals surface area contributed by atoms with E-state index >= 15 is 0 Å². The highest BCUT2D eigenvalue weighted by molar-refractivity contribution is 6.69. The first-order valence-electron chi connectivity index (χ1n) is 5.68.